The number of hydrogen-bond acceptors (Lipinski definition) is 6. The predicted octanol–water partition coefficient (Wildman–Crippen LogP) is 5.32. The summed E-state index contributed by atoms with van der Waals surface area (Å²) >= 11 is 0. The van der Waals surface area contributed by atoms with Gasteiger partial charge >= 0.3 is 5.97 Å². The molecular weight excluding hydrogens is 421 g/mol. The summed E-state index contributed by atoms with van der Waals surface area (Å²) in [5, 5.41) is 0. The van der Waals surface area contributed by atoms with Crippen molar-refractivity contribution in [1.29, 1.82) is 0 Å². The van der Waals surface area contributed by atoms with Gasteiger partial charge in [0.25, 0.3) is 0 Å². The summed E-state index contributed by atoms with van der Waals surface area (Å²) in [6.07, 6.45) is 1.87. The van der Waals surface area contributed by atoms with Gasteiger partial charge < -0.3 is 14.4 Å². The van der Waals surface area contributed by atoms with Crippen molar-refractivity contribution < 1.29 is 18.7 Å². The first-order chi connectivity index (χ1) is 16.1. The van der Waals surface area contributed by atoms with Gasteiger partial charge in [-0.25, -0.2) is 19.2 Å². The second-order valence-corrected chi connectivity index (χ2v) is 7.85. The van der Waals surface area contributed by atoms with Gasteiger partial charge in [-0.1, -0.05) is 0 Å². The highest BCUT2D eigenvalue weighted by atomic mass is 19.1. The summed E-state index contributed by atoms with van der Waals surface area (Å²) in [5.74, 6) is 0.717. The minimum Gasteiger partial charge on any atom is -0.497 e. The quantitative estimate of drug-likeness (QED) is 0.398. The Morgan fingerprint density at radius 3 is 2.55 bits per heavy atom. The third-order valence-electron chi connectivity index (χ3n) is 5.85. The van der Waals surface area contributed by atoms with Crippen LogP contribution < -0.4 is 9.64 Å². The molecule has 0 saturated heterocycles. The highest BCUT2D eigenvalue weighted by molar-refractivity contribution is 5.95. The van der Waals surface area contributed by atoms with E-state index in [0.29, 0.717) is 28.1 Å². The molecule has 0 unspecified atom stereocenters. The molecule has 2 heterocycles. The average molecular weight is 443 g/mol. The molecule has 6 nitrogen and oxygen atoms in total. The Morgan fingerprint density at radius 2 is 1.79 bits per heavy atom. The second-order valence-electron chi connectivity index (χ2n) is 7.85. The van der Waals surface area contributed by atoms with Crippen molar-refractivity contribution in [2.75, 3.05) is 25.7 Å². The van der Waals surface area contributed by atoms with E-state index in [1.54, 1.807) is 37.4 Å². The number of aryl methyl sites for hydroxylation is 1. The summed E-state index contributed by atoms with van der Waals surface area (Å²) in [7, 11) is 3.00. The van der Waals surface area contributed by atoms with Crippen LogP contribution in [0.4, 0.5) is 15.9 Å². The first kappa shape index (κ1) is 20.9. The van der Waals surface area contributed by atoms with Crippen molar-refractivity contribution in [3.63, 3.8) is 0 Å². The molecule has 7 heteroatoms. The highest BCUT2D eigenvalue weighted by Crippen LogP contribution is 2.39. The lowest BCUT2D eigenvalue weighted by Gasteiger charge is -2.32. The Morgan fingerprint density at radius 1 is 0.970 bits per heavy atom. The van der Waals surface area contributed by atoms with Gasteiger partial charge in [0.1, 0.15) is 17.3 Å². The third kappa shape index (κ3) is 3.86. The van der Waals surface area contributed by atoms with Gasteiger partial charge in [0.05, 0.1) is 30.8 Å². The Hall–Kier alpha value is -4.00. The van der Waals surface area contributed by atoms with Gasteiger partial charge in [0, 0.05) is 17.8 Å². The number of benzene rings is 3. The zero-order chi connectivity index (χ0) is 22.9. The standard InChI is InChI=1S/C26H22FN3O3/c1-32-20-10-12-23-17(14-20)4-3-13-30(23)25-24(16-5-8-19(27)9-6-16)28-21-11-7-18(26(31)33-2)15-22(21)29-25/h5-12,14-15H,3-4,13H2,1-2H3. The van der Waals surface area contributed by atoms with E-state index < -0.39 is 5.97 Å². The second kappa shape index (κ2) is 8.50. The maximum atomic E-state index is 13.6. The largest absolute Gasteiger partial charge is 0.497 e. The number of rotatable bonds is 4. The lowest BCUT2D eigenvalue weighted by Crippen LogP contribution is -2.26. The smallest absolute Gasteiger partial charge is 0.337 e. The van der Waals surface area contributed by atoms with Crippen LogP contribution in [0.3, 0.4) is 0 Å². The minimum atomic E-state index is -0.432. The maximum absolute atomic E-state index is 13.6. The predicted molar refractivity (Wildman–Crippen MR) is 125 cm³/mol. The van der Waals surface area contributed by atoms with Gasteiger partial charge in [-0.15, -0.1) is 0 Å². The molecule has 166 valence electrons. The van der Waals surface area contributed by atoms with Crippen molar-refractivity contribution in [3.05, 3.63) is 77.6 Å². The average Bonchev–Trinajstić information content (AvgIpc) is 2.86. The van der Waals surface area contributed by atoms with E-state index in [9.17, 15) is 9.18 Å². The lowest BCUT2D eigenvalue weighted by molar-refractivity contribution is 0.0601. The van der Waals surface area contributed by atoms with E-state index in [-0.39, 0.29) is 5.82 Å². The van der Waals surface area contributed by atoms with Crippen LogP contribution in [0.15, 0.2) is 60.7 Å². The van der Waals surface area contributed by atoms with Crippen molar-refractivity contribution in [3.8, 4) is 17.0 Å². The van der Waals surface area contributed by atoms with Crippen LogP contribution in [-0.4, -0.2) is 36.7 Å². The van der Waals surface area contributed by atoms with E-state index in [2.05, 4.69) is 4.90 Å². The highest BCUT2D eigenvalue weighted by Gasteiger charge is 2.24. The van der Waals surface area contributed by atoms with Crippen LogP contribution >= 0.6 is 0 Å². The molecule has 0 spiro atoms. The Kier molecular flexibility index (Phi) is 5.38. The molecule has 1 aromatic heterocycles. The minimum absolute atomic E-state index is 0.313. The molecule has 1 aliphatic heterocycles. The zero-order valence-corrected chi connectivity index (χ0v) is 18.3. The number of fused-ring (bicyclic) bond motifs is 2. The van der Waals surface area contributed by atoms with Gasteiger partial charge in [-0.3, -0.25) is 0 Å². The molecular formula is C26H22FN3O3. The van der Waals surface area contributed by atoms with Gasteiger partial charge in [-0.05, 0) is 79.1 Å². The summed E-state index contributed by atoms with van der Waals surface area (Å²) < 4.78 is 23.9. The van der Waals surface area contributed by atoms with E-state index >= 15 is 0 Å². The van der Waals surface area contributed by atoms with Crippen molar-refractivity contribution in [1.82, 2.24) is 9.97 Å². The number of esters is 1. The first-order valence-corrected chi connectivity index (χ1v) is 10.7. The van der Waals surface area contributed by atoms with Crippen LogP contribution in [-0.2, 0) is 11.2 Å². The monoisotopic (exact) mass is 443 g/mol. The summed E-state index contributed by atoms with van der Waals surface area (Å²) in [5.41, 5.74) is 5.23. The maximum Gasteiger partial charge on any atom is 0.337 e. The van der Waals surface area contributed by atoms with Gasteiger partial charge in [0.2, 0.25) is 0 Å². The topological polar surface area (TPSA) is 64.5 Å². The Bertz CT molecular complexity index is 1360. The Balaban J connectivity index is 1.73. The molecule has 0 bridgehead atoms. The zero-order valence-electron chi connectivity index (χ0n) is 18.3. The molecule has 0 atom stereocenters. The molecule has 0 amide bonds. The SMILES string of the molecule is COC(=O)c1ccc2nc(-c3ccc(F)cc3)c(N3CCCc4cc(OC)ccc43)nc2c1. The molecule has 1 aliphatic rings. The molecule has 0 saturated carbocycles. The molecule has 0 aliphatic carbocycles. The van der Waals surface area contributed by atoms with Crippen LogP contribution in [0.25, 0.3) is 22.3 Å². The fourth-order valence-corrected chi connectivity index (χ4v) is 4.20. The number of hydrogen-bond donors (Lipinski definition) is 0. The number of anilines is 2. The fourth-order valence-electron chi connectivity index (χ4n) is 4.20. The molecule has 0 N–H and O–H groups in total. The fraction of sp³-hybridized carbons (Fsp3) is 0.192. The summed E-state index contributed by atoms with van der Waals surface area (Å²) in [6, 6.07) is 17.3. The number of methoxy groups -OCH3 is 2. The molecule has 0 fully saturated rings. The van der Waals surface area contributed by atoms with Crippen LogP contribution in [0.1, 0.15) is 22.3 Å². The first-order valence-electron chi connectivity index (χ1n) is 10.7. The van der Waals surface area contributed by atoms with Crippen molar-refractivity contribution in [2.45, 2.75) is 12.8 Å². The van der Waals surface area contributed by atoms with E-state index in [4.69, 9.17) is 19.4 Å². The molecule has 33 heavy (non-hydrogen) atoms. The third-order valence-corrected chi connectivity index (χ3v) is 5.85. The Labute approximate surface area is 190 Å². The van der Waals surface area contributed by atoms with Crippen molar-refractivity contribution >= 4 is 28.5 Å². The normalized spacial score (nSPS) is 13.0. The number of carbonyl (C=O) groups is 1. The van der Waals surface area contributed by atoms with Gasteiger partial charge in [-0.2, -0.15) is 0 Å². The van der Waals surface area contributed by atoms with Crippen LogP contribution in [0.2, 0.25) is 0 Å². The lowest BCUT2D eigenvalue weighted by atomic mass is 10.0. The summed E-state index contributed by atoms with van der Waals surface area (Å²) in [6.45, 7) is 0.754. The number of nitrogens with zero attached hydrogens (tertiary/aromatic N) is 3. The number of halogens is 1. The molecule has 4 aromatic rings. The molecule has 3 aromatic carbocycles. The molecule has 5 rings (SSSR count). The van der Waals surface area contributed by atoms with E-state index in [1.165, 1.54) is 19.2 Å². The molecule has 0 radical (unpaired) electrons. The van der Waals surface area contributed by atoms with Crippen molar-refractivity contribution in [2.24, 2.45) is 0 Å². The number of aromatic nitrogens is 2. The summed E-state index contributed by atoms with van der Waals surface area (Å²) in [4.78, 5) is 24.0. The number of ether oxygens (including phenoxy) is 2. The van der Waals surface area contributed by atoms with Gasteiger partial charge in [0.15, 0.2) is 5.82 Å². The van der Waals surface area contributed by atoms with E-state index in [0.717, 1.165) is 42.0 Å². The van der Waals surface area contributed by atoms with E-state index in [1.807, 2.05) is 18.2 Å². The number of carbonyl (C=O) groups excluding carboxylic acids is 1. The van der Waals surface area contributed by atoms with Crippen LogP contribution in [0.5, 0.6) is 5.75 Å². The van der Waals surface area contributed by atoms with Crippen LogP contribution in [0, 0.1) is 5.82 Å².